The Morgan fingerprint density at radius 1 is 1.25 bits per heavy atom. The molecule has 0 unspecified atom stereocenters. The molecule has 0 aromatic carbocycles. The van der Waals surface area contributed by atoms with Crippen LogP contribution < -0.4 is 11.1 Å². The van der Waals surface area contributed by atoms with Crippen molar-refractivity contribution >= 4 is 17.6 Å². The zero-order chi connectivity index (χ0) is 20.3. The molecule has 3 rings (SSSR count). The third kappa shape index (κ3) is 4.79. The van der Waals surface area contributed by atoms with Crippen molar-refractivity contribution < 1.29 is 9.53 Å². The van der Waals surface area contributed by atoms with Gasteiger partial charge in [0.2, 0.25) is 0 Å². The fourth-order valence-electron chi connectivity index (χ4n) is 2.87. The van der Waals surface area contributed by atoms with Crippen LogP contribution in [0.25, 0.3) is 16.8 Å². The Morgan fingerprint density at radius 3 is 2.71 bits per heavy atom. The van der Waals surface area contributed by atoms with Gasteiger partial charge in [-0.1, -0.05) is 0 Å². The summed E-state index contributed by atoms with van der Waals surface area (Å²) in [7, 11) is 1.87. The standard InChI is InChI=1S/C19H27N7O2/c1-19(2,3)28-18(27)21-8-6-5-7-14-9-16(20)26-17(24-14)15(11-23-26)13-10-22-25(4)12-13/h9-12H,5-8,20H2,1-4H3,(H,21,27). The first-order valence-corrected chi connectivity index (χ1v) is 9.32. The third-order valence-corrected chi connectivity index (χ3v) is 4.10. The van der Waals surface area contributed by atoms with Gasteiger partial charge in [-0.05, 0) is 40.0 Å². The molecule has 150 valence electrons. The summed E-state index contributed by atoms with van der Waals surface area (Å²) in [6.07, 6.45) is 7.51. The lowest BCUT2D eigenvalue weighted by molar-refractivity contribution is 0.0527. The van der Waals surface area contributed by atoms with E-state index >= 15 is 0 Å². The van der Waals surface area contributed by atoms with Gasteiger partial charge in [-0.3, -0.25) is 4.68 Å². The summed E-state index contributed by atoms with van der Waals surface area (Å²) < 4.78 is 8.59. The number of anilines is 1. The molecule has 1 amide bonds. The zero-order valence-electron chi connectivity index (χ0n) is 16.8. The number of aryl methyl sites for hydroxylation is 2. The van der Waals surface area contributed by atoms with Gasteiger partial charge in [0.1, 0.15) is 11.4 Å². The summed E-state index contributed by atoms with van der Waals surface area (Å²) in [5, 5.41) is 11.3. The molecule has 9 nitrogen and oxygen atoms in total. The molecule has 0 aliphatic carbocycles. The van der Waals surface area contributed by atoms with E-state index in [-0.39, 0.29) is 0 Å². The Hall–Kier alpha value is -3.10. The quantitative estimate of drug-likeness (QED) is 0.631. The molecule has 0 saturated carbocycles. The first-order valence-electron chi connectivity index (χ1n) is 9.32. The zero-order valence-corrected chi connectivity index (χ0v) is 16.8. The summed E-state index contributed by atoms with van der Waals surface area (Å²) in [6.45, 7) is 6.08. The Kier molecular flexibility index (Phi) is 5.53. The molecule has 0 aliphatic heterocycles. The summed E-state index contributed by atoms with van der Waals surface area (Å²) in [5.74, 6) is 0.544. The van der Waals surface area contributed by atoms with E-state index in [1.165, 1.54) is 0 Å². The van der Waals surface area contributed by atoms with Crippen LogP contribution >= 0.6 is 0 Å². The molecule has 3 aromatic heterocycles. The number of carbonyl (C=O) groups is 1. The lowest BCUT2D eigenvalue weighted by Gasteiger charge is -2.19. The second kappa shape index (κ2) is 7.87. The number of unbranched alkanes of at least 4 members (excludes halogenated alkanes) is 1. The van der Waals surface area contributed by atoms with E-state index in [1.54, 1.807) is 21.6 Å². The number of alkyl carbamates (subject to hydrolysis) is 1. The molecule has 3 N–H and O–H groups in total. The summed E-state index contributed by atoms with van der Waals surface area (Å²) >= 11 is 0. The van der Waals surface area contributed by atoms with E-state index in [2.05, 4.69) is 15.5 Å². The number of aromatic nitrogens is 5. The van der Waals surface area contributed by atoms with Crippen LogP contribution in [0.4, 0.5) is 10.6 Å². The monoisotopic (exact) mass is 385 g/mol. The van der Waals surface area contributed by atoms with Crippen molar-refractivity contribution in [2.75, 3.05) is 12.3 Å². The third-order valence-electron chi connectivity index (χ3n) is 4.10. The van der Waals surface area contributed by atoms with Gasteiger partial charge in [-0.15, -0.1) is 0 Å². The van der Waals surface area contributed by atoms with Crippen LogP contribution in [0.3, 0.4) is 0 Å². The van der Waals surface area contributed by atoms with Gasteiger partial charge < -0.3 is 15.8 Å². The highest BCUT2D eigenvalue weighted by atomic mass is 16.6. The highest BCUT2D eigenvalue weighted by Gasteiger charge is 2.16. The Morgan fingerprint density at radius 2 is 2.04 bits per heavy atom. The first kappa shape index (κ1) is 19.7. The van der Waals surface area contributed by atoms with Gasteiger partial charge in [-0.2, -0.15) is 14.7 Å². The molecule has 9 heteroatoms. The number of carbonyl (C=O) groups excluding carboxylic acids is 1. The van der Waals surface area contributed by atoms with Crippen LogP contribution in [0.1, 0.15) is 39.3 Å². The molecule has 28 heavy (non-hydrogen) atoms. The van der Waals surface area contributed by atoms with Gasteiger partial charge in [0, 0.05) is 42.7 Å². The van der Waals surface area contributed by atoms with Crippen molar-refractivity contribution in [3.8, 4) is 11.1 Å². The van der Waals surface area contributed by atoms with Crippen LogP contribution in [-0.2, 0) is 18.2 Å². The van der Waals surface area contributed by atoms with Gasteiger partial charge in [0.05, 0.1) is 12.4 Å². The number of nitrogens with one attached hydrogen (secondary N) is 1. The largest absolute Gasteiger partial charge is 0.444 e. The smallest absolute Gasteiger partial charge is 0.407 e. The van der Waals surface area contributed by atoms with Crippen LogP contribution in [0.2, 0.25) is 0 Å². The highest BCUT2D eigenvalue weighted by Crippen LogP contribution is 2.24. The number of ether oxygens (including phenoxy) is 1. The number of amides is 1. The molecule has 3 aromatic rings. The molecule has 0 fully saturated rings. The molecule has 3 heterocycles. The number of nitrogens with zero attached hydrogens (tertiary/aromatic N) is 5. The van der Waals surface area contributed by atoms with E-state index in [1.807, 2.05) is 40.1 Å². The molecular formula is C19H27N7O2. The predicted molar refractivity (Wildman–Crippen MR) is 107 cm³/mol. The second-order valence-corrected chi connectivity index (χ2v) is 7.75. The van der Waals surface area contributed by atoms with Gasteiger partial charge >= 0.3 is 6.09 Å². The normalized spacial score (nSPS) is 11.7. The van der Waals surface area contributed by atoms with Crippen LogP contribution in [-0.4, -0.2) is 42.6 Å². The van der Waals surface area contributed by atoms with E-state index in [0.717, 1.165) is 41.7 Å². The molecule has 0 radical (unpaired) electrons. The summed E-state index contributed by atoms with van der Waals surface area (Å²) in [6, 6.07) is 1.84. The van der Waals surface area contributed by atoms with Crippen LogP contribution in [0, 0.1) is 0 Å². The number of rotatable bonds is 6. The molecule has 0 saturated heterocycles. The van der Waals surface area contributed by atoms with Gasteiger partial charge in [0.15, 0.2) is 5.65 Å². The molecule has 0 aliphatic rings. The van der Waals surface area contributed by atoms with Crippen molar-refractivity contribution in [3.05, 3.63) is 30.4 Å². The molecule has 0 spiro atoms. The maximum Gasteiger partial charge on any atom is 0.407 e. The number of hydrogen-bond acceptors (Lipinski definition) is 6. The lowest BCUT2D eigenvalue weighted by atomic mass is 10.1. The first-order chi connectivity index (χ1) is 13.2. The summed E-state index contributed by atoms with van der Waals surface area (Å²) in [5.41, 5.74) is 9.12. The van der Waals surface area contributed by atoms with Crippen molar-refractivity contribution in [2.24, 2.45) is 7.05 Å². The van der Waals surface area contributed by atoms with Crippen LogP contribution in [0.15, 0.2) is 24.7 Å². The van der Waals surface area contributed by atoms with E-state index in [9.17, 15) is 4.79 Å². The van der Waals surface area contributed by atoms with Crippen molar-refractivity contribution in [2.45, 2.75) is 45.6 Å². The molecule has 0 atom stereocenters. The number of fused-ring (bicyclic) bond motifs is 1. The van der Waals surface area contributed by atoms with Gasteiger partial charge in [-0.25, -0.2) is 9.78 Å². The maximum atomic E-state index is 11.6. The minimum atomic E-state index is -0.488. The van der Waals surface area contributed by atoms with Gasteiger partial charge in [0.25, 0.3) is 0 Å². The minimum absolute atomic E-state index is 0.392. The average molecular weight is 385 g/mol. The Labute approximate surface area is 163 Å². The maximum absolute atomic E-state index is 11.6. The fourth-order valence-corrected chi connectivity index (χ4v) is 2.87. The predicted octanol–water partition coefficient (Wildman–Crippen LogP) is 2.56. The lowest BCUT2D eigenvalue weighted by Crippen LogP contribution is -2.33. The van der Waals surface area contributed by atoms with Crippen molar-refractivity contribution in [3.63, 3.8) is 0 Å². The Bertz CT molecular complexity index is 968. The molecular weight excluding hydrogens is 358 g/mol. The molecule has 0 bridgehead atoms. The number of nitrogen functional groups attached to an aromatic ring is 1. The van der Waals surface area contributed by atoms with E-state index < -0.39 is 11.7 Å². The minimum Gasteiger partial charge on any atom is -0.444 e. The van der Waals surface area contributed by atoms with Crippen molar-refractivity contribution in [1.82, 2.24) is 29.7 Å². The topological polar surface area (TPSA) is 112 Å². The van der Waals surface area contributed by atoms with E-state index in [0.29, 0.717) is 12.4 Å². The SMILES string of the molecule is Cn1cc(-c2cnn3c(N)cc(CCCCNC(=O)OC(C)(C)C)nc23)cn1. The summed E-state index contributed by atoms with van der Waals surface area (Å²) in [4.78, 5) is 16.4. The van der Waals surface area contributed by atoms with E-state index in [4.69, 9.17) is 15.5 Å². The van der Waals surface area contributed by atoms with Crippen molar-refractivity contribution in [1.29, 1.82) is 0 Å². The fraction of sp³-hybridized carbons (Fsp3) is 0.474. The number of nitrogens with two attached hydrogens (primary N) is 1. The number of hydrogen-bond donors (Lipinski definition) is 2. The second-order valence-electron chi connectivity index (χ2n) is 7.75. The average Bonchev–Trinajstić information content (AvgIpc) is 3.19. The highest BCUT2D eigenvalue weighted by molar-refractivity contribution is 5.77. The van der Waals surface area contributed by atoms with Crippen LogP contribution in [0.5, 0.6) is 0 Å². The Balaban J connectivity index is 1.60.